The van der Waals surface area contributed by atoms with E-state index in [1.165, 1.54) is 38.8 Å². The van der Waals surface area contributed by atoms with Gasteiger partial charge in [0.25, 0.3) is 0 Å². The number of rotatable bonds is 1. The van der Waals surface area contributed by atoms with Crippen LogP contribution in [0, 0.1) is 0 Å². The second-order valence-electron chi connectivity index (χ2n) is 7.18. The molecule has 0 radical (unpaired) electrons. The molecule has 2 nitrogen and oxygen atoms in total. The van der Waals surface area contributed by atoms with Crippen molar-refractivity contribution in [1.82, 2.24) is 9.97 Å². The van der Waals surface area contributed by atoms with E-state index in [0.717, 1.165) is 5.52 Å². The summed E-state index contributed by atoms with van der Waals surface area (Å²) in [6.07, 6.45) is 5.56. The van der Waals surface area contributed by atoms with Crippen molar-refractivity contribution in [2.24, 2.45) is 0 Å². The van der Waals surface area contributed by atoms with Gasteiger partial charge in [-0.1, -0.05) is 38.1 Å². The van der Waals surface area contributed by atoms with E-state index in [0.29, 0.717) is 0 Å². The largest absolute Gasteiger partial charge is 0.265 e. The summed E-state index contributed by atoms with van der Waals surface area (Å²) < 4.78 is 0. The Labute approximate surface area is 147 Å². The molecule has 2 aromatic heterocycles. The van der Waals surface area contributed by atoms with Gasteiger partial charge in [-0.15, -0.1) is 0 Å². The summed E-state index contributed by atoms with van der Waals surface area (Å²) in [4.78, 5) is 8.68. The van der Waals surface area contributed by atoms with Gasteiger partial charge < -0.3 is 0 Å². The summed E-state index contributed by atoms with van der Waals surface area (Å²) in [7, 11) is 0. The molecule has 0 saturated heterocycles. The summed E-state index contributed by atoms with van der Waals surface area (Å²) in [5, 5.41) is 1.26. The number of aromatic nitrogens is 2. The van der Waals surface area contributed by atoms with E-state index in [9.17, 15) is 0 Å². The van der Waals surface area contributed by atoms with Crippen LogP contribution in [-0.4, -0.2) is 9.97 Å². The molecule has 1 aliphatic carbocycles. The molecule has 0 atom stereocenters. The predicted molar refractivity (Wildman–Crippen MR) is 103 cm³/mol. The zero-order valence-electron chi connectivity index (χ0n) is 14.3. The van der Waals surface area contributed by atoms with Crippen LogP contribution in [0.25, 0.3) is 33.2 Å². The van der Waals surface area contributed by atoms with Gasteiger partial charge in [0.05, 0.1) is 5.52 Å². The van der Waals surface area contributed by atoms with E-state index in [-0.39, 0.29) is 5.41 Å². The molecule has 2 heteroatoms. The molecule has 120 valence electrons. The van der Waals surface area contributed by atoms with Crippen LogP contribution in [0.15, 0.2) is 73.2 Å². The maximum absolute atomic E-state index is 4.55. The molecule has 1 aliphatic rings. The van der Waals surface area contributed by atoms with Crippen molar-refractivity contribution < 1.29 is 0 Å². The Hall–Kier alpha value is -3.00. The number of benzene rings is 2. The fourth-order valence-corrected chi connectivity index (χ4v) is 4.21. The van der Waals surface area contributed by atoms with Gasteiger partial charge >= 0.3 is 0 Å². The second-order valence-corrected chi connectivity index (χ2v) is 7.18. The van der Waals surface area contributed by atoms with Crippen LogP contribution in [0.2, 0.25) is 0 Å². The molecule has 0 N–H and O–H groups in total. The number of hydrogen-bond donors (Lipinski definition) is 0. The van der Waals surface area contributed by atoms with E-state index < -0.39 is 0 Å². The van der Waals surface area contributed by atoms with Gasteiger partial charge in [-0.2, -0.15) is 0 Å². The Morgan fingerprint density at radius 1 is 0.760 bits per heavy atom. The third-order valence-electron chi connectivity index (χ3n) is 5.41. The molecule has 0 fully saturated rings. The Bertz CT molecular complexity index is 1110. The molecule has 2 aromatic carbocycles. The standard InChI is InChI=1S/C23H18N2/c1-23(2)20-14-16(15-9-12-24-13-10-15)5-6-17(20)18-7-8-21-19(22(18)23)4-3-11-25-21/h3-14H,1-2H3. The lowest BCUT2D eigenvalue weighted by atomic mass is 9.80. The summed E-state index contributed by atoms with van der Waals surface area (Å²) in [5.74, 6) is 0. The molecular formula is C23H18N2. The SMILES string of the molecule is CC1(C)c2cc(-c3ccncc3)ccc2-c2ccc3ncccc3c21. The lowest BCUT2D eigenvalue weighted by molar-refractivity contribution is 0.666. The van der Waals surface area contributed by atoms with Crippen molar-refractivity contribution in [1.29, 1.82) is 0 Å². The first-order chi connectivity index (χ1) is 12.2. The quantitative estimate of drug-likeness (QED) is 0.455. The first-order valence-corrected chi connectivity index (χ1v) is 8.60. The highest BCUT2D eigenvalue weighted by Gasteiger charge is 2.37. The Kier molecular flexibility index (Phi) is 2.87. The molecular weight excluding hydrogens is 304 g/mol. The van der Waals surface area contributed by atoms with Gasteiger partial charge in [0.15, 0.2) is 0 Å². The van der Waals surface area contributed by atoms with Crippen LogP contribution in [0.4, 0.5) is 0 Å². The first kappa shape index (κ1) is 14.4. The van der Waals surface area contributed by atoms with Crippen LogP contribution in [0.3, 0.4) is 0 Å². The molecule has 0 aliphatic heterocycles. The lowest BCUT2D eigenvalue weighted by Gasteiger charge is -2.23. The second kappa shape index (κ2) is 5.00. The van der Waals surface area contributed by atoms with Gasteiger partial charge in [0.2, 0.25) is 0 Å². The molecule has 0 amide bonds. The number of pyridine rings is 2. The maximum atomic E-state index is 4.55. The van der Waals surface area contributed by atoms with Crippen molar-refractivity contribution in [3.63, 3.8) is 0 Å². The molecule has 25 heavy (non-hydrogen) atoms. The monoisotopic (exact) mass is 322 g/mol. The van der Waals surface area contributed by atoms with E-state index in [2.05, 4.69) is 72.3 Å². The smallest absolute Gasteiger partial charge is 0.0705 e. The fraction of sp³-hybridized carbons (Fsp3) is 0.130. The van der Waals surface area contributed by atoms with E-state index in [4.69, 9.17) is 0 Å². The van der Waals surface area contributed by atoms with Crippen LogP contribution in [0.5, 0.6) is 0 Å². The minimum absolute atomic E-state index is 0.0454. The molecule has 0 bridgehead atoms. The summed E-state index contributed by atoms with van der Waals surface area (Å²) in [6.45, 7) is 4.64. The molecule has 4 aromatic rings. The first-order valence-electron chi connectivity index (χ1n) is 8.60. The Morgan fingerprint density at radius 3 is 2.40 bits per heavy atom. The average molecular weight is 322 g/mol. The zero-order chi connectivity index (χ0) is 17.0. The number of hydrogen-bond acceptors (Lipinski definition) is 2. The lowest BCUT2D eigenvalue weighted by Crippen LogP contribution is -2.15. The summed E-state index contributed by atoms with van der Waals surface area (Å²) in [6, 6.07) is 19.5. The summed E-state index contributed by atoms with van der Waals surface area (Å²) in [5.41, 5.74) is 8.91. The third-order valence-corrected chi connectivity index (χ3v) is 5.41. The van der Waals surface area contributed by atoms with Gasteiger partial charge in [-0.05, 0) is 63.7 Å². The molecule has 5 rings (SSSR count). The van der Waals surface area contributed by atoms with Crippen molar-refractivity contribution in [2.75, 3.05) is 0 Å². The van der Waals surface area contributed by atoms with Crippen LogP contribution in [0.1, 0.15) is 25.0 Å². The van der Waals surface area contributed by atoms with Crippen molar-refractivity contribution in [3.05, 3.63) is 84.3 Å². The summed E-state index contributed by atoms with van der Waals surface area (Å²) >= 11 is 0. The highest BCUT2D eigenvalue weighted by Crippen LogP contribution is 2.51. The minimum Gasteiger partial charge on any atom is -0.265 e. The van der Waals surface area contributed by atoms with Gasteiger partial charge in [0.1, 0.15) is 0 Å². The number of nitrogens with zero attached hydrogens (tertiary/aromatic N) is 2. The fourth-order valence-electron chi connectivity index (χ4n) is 4.21. The average Bonchev–Trinajstić information content (AvgIpc) is 2.90. The van der Waals surface area contributed by atoms with Gasteiger partial charge in [-0.25, -0.2) is 0 Å². The highest BCUT2D eigenvalue weighted by atomic mass is 14.6. The molecule has 0 unspecified atom stereocenters. The molecule has 0 saturated carbocycles. The Balaban J connectivity index is 1.79. The predicted octanol–water partition coefficient (Wildman–Crippen LogP) is 5.60. The normalized spacial score (nSPS) is 14.3. The van der Waals surface area contributed by atoms with Crippen LogP contribution >= 0.6 is 0 Å². The van der Waals surface area contributed by atoms with Crippen molar-refractivity contribution in [2.45, 2.75) is 19.3 Å². The van der Waals surface area contributed by atoms with E-state index in [1.54, 1.807) is 0 Å². The minimum atomic E-state index is -0.0454. The van der Waals surface area contributed by atoms with Crippen molar-refractivity contribution in [3.8, 4) is 22.3 Å². The third kappa shape index (κ3) is 1.97. The maximum Gasteiger partial charge on any atom is 0.0705 e. The zero-order valence-corrected chi connectivity index (χ0v) is 14.3. The van der Waals surface area contributed by atoms with E-state index >= 15 is 0 Å². The van der Waals surface area contributed by atoms with Crippen LogP contribution < -0.4 is 0 Å². The highest BCUT2D eigenvalue weighted by molar-refractivity contribution is 5.96. The van der Waals surface area contributed by atoms with Crippen molar-refractivity contribution >= 4 is 10.9 Å². The van der Waals surface area contributed by atoms with E-state index in [1.807, 2.05) is 24.7 Å². The Morgan fingerprint density at radius 2 is 1.56 bits per heavy atom. The van der Waals surface area contributed by atoms with Gasteiger partial charge in [-0.3, -0.25) is 9.97 Å². The number of fused-ring (bicyclic) bond motifs is 5. The molecule has 0 spiro atoms. The molecule has 2 heterocycles. The van der Waals surface area contributed by atoms with Crippen LogP contribution in [-0.2, 0) is 5.41 Å². The topological polar surface area (TPSA) is 25.8 Å². The van der Waals surface area contributed by atoms with Gasteiger partial charge in [0, 0.05) is 29.4 Å².